The Morgan fingerprint density at radius 2 is 2.31 bits per heavy atom. The van der Waals surface area contributed by atoms with Gasteiger partial charge >= 0.3 is 5.69 Å². The lowest BCUT2D eigenvalue weighted by Crippen LogP contribution is -2.42. The average molecular weight is 230 g/mol. The Labute approximate surface area is 89.5 Å². The Kier molecular flexibility index (Phi) is 2.88. The van der Waals surface area contributed by atoms with Crippen molar-refractivity contribution in [3.63, 3.8) is 0 Å². The molecule has 1 aromatic heterocycles. The summed E-state index contributed by atoms with van der Waals surface area (Å²) in [6, 6.07) is 0. The minimum absolute atomic E-state index is 0.428. The van der Waals surface area contributed by atoms with Gasteiger partial charge < -0.3 is 9.84 Å². The Morgan fingerprint density at radius 1 is 1.56 bits per heavy atom. The van der Waals surface area contributed by atoms with Gasteiger partial charge in [0.2, 0.25) is 5.82 Å². The van der Waals surface area contributed by atoms with E-state index in [1.54, 1.807) is 0 Å². The predicted octanol–water partition coefficient (Wildman–Crippen LogP) is -0.592. The molecule has 1 fully saturated rings. The van der Waals surface area contributed by atoms with E-state index in [1.807, 2.05) is 0 Å². The van der Waals surface area contributed by atoms with E-state index in [9.17, 15) is 14.0 Å². The zero-order valence-electron chi connectivity index (χ0n) is 8.43. The molecule has 0 unspecified atom stereocenters. The number of aliphatic hydroxyl groups is 1. The van der Waals surface area contributed by atoms with Crippen molar-refractivity contribution in [3.8, 4) is 0 Å². The summed E-state index contributed by atoms with van der Waals surface area (Å²) in [4.78, 5) is 22.8. The van der Waals surface area contributed by atoms with E-state index in [4.69, 9.17) is 9.84 Å². The largest absolute Gasteiger partial charge is 0.376 e. The third-order valence-corrected chi connectivity index (χ3v) is 2.51. The second kappa shape index (κ2) is 4.18. The number of hydrogen-bond acceptors (Lipinski definition) is 4. The second-order valence-electron chi connectivity index (χ2n) is 3.51. The molecule has 16 heavy (non-hydrogen) atoms. The van der Waals surface area contributed by atoms with Crippen LogP contribution >= 0.6 is 0 Å². The zero-order chi connectivity index (χ0) is 11.7. The van der Waals surface area contributed by atoms with Crippen LogP contribution in [0, 0.1) is 5.82 Å². The second-order valence-corrected chi connectivity index (χ2v) is 3.51. The molecular formula is C9H11FN2O4. The van der Waals surface area contributed by atoms with E-state index in [-0.39, 0.29) is 0 Å². The first kappa shape index (κ1) is 11.0. The molecule has 0 aliphatic carbocycles. The Morgan fingerprint density at radius 3 is 2.88 bits per heavy atom. The van der Waals surface area contributed by atoms with Crippen molar-refractivity contribution in [1.29, 1.82) is 0 Å². The fourth-order valence-corrected chi connectivity index (χ4v) is 1.70. The van der Waals surface area contributed by atoms with Crippen LogP contribution in [-0.2, 0) is 11.5 Å². The highest BCUT2D eigenvalue weighted by Gasteiger charge is 2.21. The van der Waals surface area contributed by atoms with Gasteiger partial charge in [0, 0.05) is 6.61 Å². The lowest BCUT2D eigenvalue weighted by Gasteiger charge is -2.14. The molecule has 0 aromatic carbocycles. The summed E-state index contributed by atoms with van der Waals surface area (Å²) in [6.45, 7) is -0.348. The fourth-order valence-electron chi connectivity index (χ4n) is 1.70. The summed E-state index contributed by atoms with van der Waals surface area (Å²) in [5.41, 5.74) is -1.89. The van der Waals surface area contributed by atoms with Gasteiger partial charge in [0.15, 0.2) is 0 Å². The molecule has 7 heteroatoms. The molecule has 0 radical (unpaired) electrons. The molecule has 0 amide bonds. The summed E-state index contributed by atoms with van der Waals surface area (Å²) in [5.74, 6) is -1.08. The van der Waals surface area contributed by atoms with E-state index in [0.29, 0.717) is 17.6 Å². The SMILES string of the molecule is O=c1c(F)cn([C@H]2CCCO2)c(=O)n1CO. The van der Waals surface area contributed by atoms with Gasteiger partial charge in [-0.15, -0.1) is 0 Å². The first-order valence-corrected chi connectivity index (χ1v) is 4.89. The third kappa shape index (κ3) is 1.68. The van der Waals surface area contributed by atoms with Crippen LogP contribution in [0.15, 0.2) is 15.8 Å². The van der Waals surface area contributed by atoms with Crippen LogP contribution in [0.2, 0.25) is 0 Å². The van der Waals surface area contributed by atoms with E-state index in [1.165, 1.54) is 0 Å². The third-order valence-electron chi connectivity index (χ3n) is 2.51. The molecular weight excluding hydrogens is 219 g/mol. The van der Waals surface area contributed by atoms with E-state index in [0.717, 1.165) is 17.2 Å². The van der Waals surface area contributed by atoms with Crippen LogP contribution in [0.4, 0.5) is 4.39 Å². The van der Waals surface area contributed by atoms with Gasteiger partial charge in [-0.25, -0.2) is 9.36 Å². The number of aromatic nitrogens is 2. The smallest absolute Gasteiger partial charge is 0.335 e. The quantitative estimate of drug-likeness (QED) is 0.736. The number of aliphatic hydroxyl groups excluding tert-OH is 1. The van der Waals surface area contributed by atoms with Gasteiger partial charge in [-0.2, -0.15) is 4.39 Å². The van der Waals surface area contributed by atoms with Gasteiger partial charge in [-0.3, -0.25) is 9.36 Å². The average Bonchev–Trinajstić information content (AvgIpc) is 2.77. The van der Waals surface area contributed by atoms with Crippen molar-refractivity contribution in [2.24, 2.45) is 0 Å². The molecule has 6 nitrogen and oxygen atoms in total. The van der Waals surface area contributed by atoms with Crippen LogP contribution < -0.4 is 11.2 Å². The number of ether oxygens (including phenoxy) is 1. The van der Waals surface area contributed by atoms with Crippen LogP contribution in [0.5, 0.6) is 0 Å². The van der Waals surface area contributed by atoms with Gasteiger partial charge in [-0.1, -0.05) is 0 Å². The highest BCUT2D eigenvalue weighted by atomic mass is 19.1. The van der Waals surface area contributed by atoms with Gasteiger partial charge in [0.05, 0.1) is 6.20 Å². The number of rotatable bonds is 2. The van der Waals surface area contributed by atoms with E-state index in [2.05, 4.69) is 0 Å². The lowest BCUT2D eigenvalue weighted by molar-refractivity contribution is 0.0482. The van der Waals surface area contributed by atoms with Crippen molar-refractivity contribution < 1.29 is 14.2 Å². The molecule has 2 rings (SSSR count). The normalized spacial score (nSPS) is 20.2. The molecule has 0 saturated carbocycles. The predicted molar refractivity (Wildman–Crippen MR) is 51.4 cm³/mol. The Bertz CT molecular complexity index is 501. The van der Waals surface area contributed by atoms with Crippen molar-refractivity contribution in [2.75, 3.05) is 6.61 Å². The molecule has 1 aliphatic heterocycles. The van der Waals surface area contributed by atoms with Gasteiger partial charge in [-0.05, 0) is 12.8 Å². The molecule has 0 spiro atoms. The van der Waals surface area contributed by atoms with E-state index < -0.39 is 30.0 Å². The summed E-state index contributed by atoms with van der Waals surface area (Å²) in [5, 5.41) is 8.83. The minimum atomic E-state index is -1.12. The topological polar surface area (TPSA) is 73.5 Å². The van der Waals surface area contributed by atoms with Crippen LogP contribution in [0.25, 0.3) is 0 Å². The summed E-state index contributed by atoms with van der Waals surface area (Å²) in [6.07, 6.45) is 1.63. The Hall–Kier alpha value is -1.47. The summed E-state index contributed by atoms with van der Waals surface area (Å²) >= 11 is 0. The van der Waals surface area contributed by atoms with Gasteiger partial charge in [0.25, 0.3) is 5.56 Å². The standard InChI is InChI=1S/C9H11FN2O4/c10-6-4-11(7-2-1-3-16-7)9(15)12(5-13)8(6)14/h4,7,13H,1-3,5H2/t7-/m1/s1. The maximum Gasteiger partial charge on any atom is 0.335 e. The summed E-state index contributed by atoms with van der Waals surface area (Å²) < 4.78 is 19.8. The molecule has 88 valence electrons. The van der Waals surface area contributed by atoms with Crippen LogP contribution in [0.1, 0.15) is 19.1 Å². The zero-order valence-corrected chi connectivity index (χ0v) is 8.43. The monoisotopic (exact) mass is 230 g/mol. The van der Waals surface area contributed by atoms with Crippen LogP contribution in [0.3, 0.4) is 0 Å². The number of hydrogen-bond donors (Lipinski definition) is 1. The molecule has 1 aromatic rings. The summed E-state index contributed by atoms with van der Waals surface area (Å²) in [7, 11) is 0. The minimum Gasteiger partial charge on any atom is -0.376 e. The van der Waals surface area contributed by atoms with E-state index >= 15 is 0 Å². The molecule has 2 heterocycles. The highest BCUT2D eigenvalue weighted by molar-refractivity contribution is 4.91. The molecule has 1 aliphatic rings. The molecule has 1 atom stereocenters. The van der Waals surface area contributed by atoms with Crippen molar-refractivity contribution in [3.05, 3.63) is 32.9 Å². The van der Waals surface area contributed by atoms with Crippen molar-refractivity contribution >= 4 is 0 Å². The molecule has 0 bridgehead atoms. The lowest BCUT2D eigenvalue weighted by atomic mass is 10.3. The Balaban J connectivity index is 2.58. The van der Waals surface area contributed by atoms with Crippen LogP contribution in [-0.4, -0.2) is 20.8 Å². The van der Waals surface area contributed by atoms with Crippen molar-refractivity contribution in [2.45, 2.75) is 25.8 Å². The first-order chi connectivity index (χ1) is 7.65. The first-order valence-electron chi connectivity index (χ1n) is 4.89. The fraction of sp³-hybridized carbons (Fsp3) is 0.556. The molecule has 1 saturated heterocycles. The maximum absolute atomic E-state index is 13.2. The number of halogens is 1. The number of nitrogens with zero attached hydrogens (tertiary/aromatic N) is 2. The maximum atomic E-state index is 13.2. The highest BCUT2D eigenvalue weighted by Crippen LogP contribution is 2.20. The van der Waals surface area contributed by atoms with Gasteiger partial charge in [0.1, 0.15) is 13.0 Å². The van der Waals surface area contributed by atoms with Crippen molar-refractivity contribution in [1.82, 2.24) is 9.13 Å². The molecule has 1 N–H and O–H groups in total.